The summed E-state index contributed by atoms with van der Waals surface area (Å²) in [5.74, 6) is -0.450. The summed E-state index contributed by atoms with van der Waals surface area (Å²) < 4.78 is 6.72. The minimum Gasteiger partial charge on any atom is -0.392 e. The van der Waals surface area contributed by atoms with Crippen LogP contribution >= 0.6 is 20.8 Å². The van der Waals surface area contributed by atoms with E-state index in [-0.39, 0.29) is 40.5 Å². The highest BCUT2D eigenvalue weighted by atomic mass is 32.2. The first-order valence-corrected chi connectivity index (χ1v) is 9.82. The van der Waals surface area contributed by atoms with Gasteiger partial charge in [-0.2, -0.15) is 4.98 Å². The molecule has 12 heteroatoms. The Morgan fingerprint density at radius 3 is 3.08 bits per heavy atom. The summed E-state index contributed by atoms with van der Waals surface area (Å²) >= 11 is 1.46. The number of carbonyl (C=O) groups is 1. The molecule has 0 radical (unpaired) electrons. The van der Waals surface area contributed by atoms with E-state index in [1.54, 1.807) is 18.4 Å². The molecule has 2 aromatic rings. The number of H-pyrrole nitrogens is 1. The number of imidazole rings is 1. The lowest BCUT2D eigenvalue weighted by atomic mass is 10.2. The highest BCUT2D eigenvalue weighted by molar-refractivity contribution is 8.00. The number of aromatic amines is 1. The molecule has 0 bridgehead atoms. The molecule has 0 aromatic carbocycles. The van der Waals surface area contributed by atoms with E-state index < -0.39 is 20.7 Å². The topological polar surface area (TPSA) is 142 Å². The van der Waals surface area contributed by atoms with Gasteiger partial charge in [0, 0.05) is 12.3 Å². The van der Waals surface area contributed by atoms with E-state index in [0.717, 1.165) is 0 Å². The van der Waals surface area contributed by atoms with Gasteiger partial charge in [0.2, 0.25) is 11.9 Å². The molecule has 1 amide bonds. The first-order valence-electron chi connectivity index (χ1n) is 8.02. The summed E-state index contributed by atoms with van der Waals surface area (Å²) in [6.45, 7) is 3.71. The number of nitrogens with zero attached hydrogens (tertiary/aromatic N) is 3. The van der Waals surface area contributed by atoms with E-state index in [9.17, 15) is 14.7 Å². The van der Waals surface area contributed by atoms with E-state index in [2.05, 4.69) is 20.3 Å². The maximum Gasteiger partial charge on any atom is 0.280 e. The summed E-state index contributed by atoms with van der Waals surface area (Å²) in [7, 11) is -0.627. The van der Waals surface area contributed by atoms with Crippen LogP contribution in [0.3, 0.4) is 0 Å². The zero-order valence-corrected chi connectivity index (χ0v) is 16.0. The van der Waals surface area contributed by atoms with Crippen molar-refractivity contribution in [3.8, 4) is 0 Å². The van der Waals surface area contributed by atoms with Gasteiger partial charge in [-0.15, -0.1) is 11.8 Å². The summed E-state index contributed by atoms with van der Waals surface area (Å²) in [4.78, 5) is 43.8. The fraction of sp³-hybridized carbons (Fsp3) is 0.571. The van der Waals surface area contributed by atoms with Gasteiger partial charge in [0.15, 0.2) is 20.2 Å². The van der Waals surface area contributed by atoms with Gasteiger partial charge in [-0.1, -0.05) is 13.8 Å². The van der Waals surface area contributed by atoms with Gasteiger partial charge in [0.25, 0.3) is 5.56 Å². The Kier molecular flexibility index (Phi) is 5.93. The Hall–Kier alpha value is -1.52. The SMILES string of the molecule is CC(C)C(=O)Nc1nc2c(ncn2[C@H]2C[C@H](O)[C@@H](COPO)S2)c(=O)[nH]1. The third-order valence-electron chi connectivity index (χ3n) is 4.02. The first kappa shape index (κ1) is 19.2. The molecule has 4 atom stereocenters. The van der Waals surface area contributed by atoms with E-state index in [1.807, 2.05) is 0 Å². The fourth-order valence-electron chi connectivity index (χ4n) is 2.61. The minimum absolute atomic E-state index is 0.0628. The number of hydrogen-bond acceptors (Lipinski definition) is 8. The second kappa shape index (κ2) is 8.01. The standard InChI is InChI=1S/C14H20N5O5PS/c1-6(2)12(21)17-14-16-11-10(13(22)18-14)15-5-19(11)9-3-7(20)8(26-9)4-24-25-23/h5-9,20,23,25H,3-4H2,1-2H3,(H2,16,17,18,21,22)/t7-,8+,9+/m0/s1. The fourth-order valence-corrected chi connectivity index (χ4v) is 4.42. The van der Waals surface area contributed by atoms with Gasteiger partial charge in [0.1, 0.15) is 0 Å². The average Bonchev–Trinajstić information content (AvgIpc) is 3.16. The third kappa shape index (κ3) is 3.91. The van der Waals surface area contributed by atoms with E-state index >= 15 is 0 Å². The molecule has 10 nitrogen and oxygen atoms in total. The number of aliphatic hydroxyl groups excluding tert-OH is 1. The highest BCUT2D eigenvalue weighted by Crippen LogP contribution is 2.43. The summed E-state index contributed by atoms with van der Waals surface area (Å²) in [6.07, 6.45) is 1.32. The van der Waals surface area contributed by atoms with Gasteiger partial charge >= 0.3 is 0 Å². The van der Waals surface area contributed by atoms with Crippen molar-refractivity contribution in [3.05, 3.63) is 16.7 Å². The number of carbonyl (C=O) groups excluding carboxylic acids is 1. The predicted molar refractivity (Wildman–Crippen MR) is 99.1 cm³/mol. The van der Waals surface area contributed by atoms with E-state index in [4.69, 9.17) is 9.42 Å². The number of rotatable bonds is 6. The molecule has 3 heterocycles. The molecule has 4 N–H and O–H groups in total. The Bertz CT molecular complexity index is 856. The summed E-state index contributed by atoms with van der Waals surface area (Å²) in [6, 6.07) is 0. The van der Waals surface area contributed by atoms with Crippen LogP contribution < -0.4 is 10.9 Å². The minimum atomic E-state index is -0.627. The molecule has 142 valence electrons. The molecule has 1 aliphatic heterocycles. The lowest BCUT2D eigenvalue weighted by molar-refractivity contribution is -0.118. The Labute approximate surface area is 154 Å². The molecule has 0 spiro atoms. The van der Waals surface area contributed by atoms with Gasteiger partial charge in [-0.3, -0.25) is 19.9 Å². The number of fused-ring (bicyclic) bond motifs is 1. The first-order chi connectivity index (χ1) is 12.4. The third-order valence-corrected chi connectivity index (χ3v) is 5.85. The lowest BCUT2D eigenvalue weighted by Crippen LogP contribution is -2.22. The molecule has 1 unspecified atom stereocenters. The van der Waals surface area contributed by atoms with Crippen LogP contribution in [0.25, 0.3) is 11.2 Å². The largest absolute Gasteiger partial charge is 0.392 e. The second-order valence-corrected chi connectivity index (χ2v) is 8.11. The molecule has 1 saturated heterocycles. The van der Waals surface area contributed by atoms with Gasteiger partial charge in [-0.05, 0) is 0 Å². The number of nitrogens with one attached hydrogen (secondary N) is 2. The molecule has 0 aliphatic carbocycles. The highest BCUT2D eigenvalue weighted by Gasteiger charge is 2.36. The predicted octanol–water partition coefficient (Wildman–Crippen LogP) is 0.596. The van der Waals surface area contributed by atoms with Crippen molar-refractivity contribution in [2.45, 2.75) is 37.0 Å². The molecule has 2 aromatic heterocycles. The van der Waals surface area contributed by atoms with Crippen molar-refractivity contribution < 1.29 is 19.3 Å². The second-order valence-electron chi connectivity index (χ2n) is 6.22. The van der Waals surface area contributed by atoms with Crippen molar-refractivity contribution in [2.75, 3.05) is 11.9 Å². The van der Waals surface area contributed by atoms with Gasteiger partial charge < -0.3 is 19.1 Å². The van der Waals surface area contributed by atoms with Crippen LogP contribution in [-0.2, 0) is 9.32 Å². The van der Waals surface area contributed by atoms with E-state index in [1.165, 1.54) is 18.1 Å². The van der Waals surface area contributed by atoms with Crippen LogP contribution in [0.1, 0.15) is 25.6 Å². The van der Waals surface area contributed by atoms with Crippen LogP contribution in [0.2, 0.25) is 0 Å². The van der Waals surface area contributed by atoms with E-state index in [0.29, 0.717) is 12.1 Å². The van der Waals surface area contributed by atoms with Crippen LogP contribution in [0.15, 0.2) is 11.1 Å². The van der Waals surface area contributed by atoms with Crippen LogP contribution in [-0.4, -0.2) is 53.4 Å². The normalized spacial score (nSPS) is 23.5. The molecule has 1 fully saturated rings. The lowest BCUT2D eigenvalue weighted by Gasteiger charge is -2.13. The smallest absolute Gasteiger partial charge is 0.280 e. The van der Waals surface area contributed by atoms with Crippen molar-refractivity contribution in [3.63, 3.8) is 0 Å². The van der Waals surface area contributed by atoms with Crippen molar-refractivity contribution in [1.29, 1.82) is 0 Å². The van der Waals surface area contributed by atoms with Crippen molar-refractivity contribution in [2.24, 2.45) is 5.92 Å². The molecular weight excluding hydrogens is 381 g/mol. The molecule has 26 heavy (non-hydrogen) atoms. The molecule has 0 saturated carbocycles. The number of aliphatic hydroxyl groups is 1. The molecule has 3 rings (SSSR count). The maximum atomic E-state index is 12.2. The van der Waals surface area contributed by atoms with Gasteiger partial charge in [-0.25, -0.2) is 4.98 Å². The van der Waals surface area contributed by atoms with Gasteiger partial charge in [0.05, 0.1) is 29.7 Å². The Morgan fingerprint density at radius 1 is 1.62 bits per heavy atom. The number of anilines is 1. The van der Waals surface area contributed by atoms with Crippen molar-refractivity contribution in [1.82, 2.24) is 19.5 Å². The number of amides is 1. The maximum absolute atomic E-state index is 12.2. The monoisotopic (exact) mass is 401 g/mol. The number of hydrogen-bond donors (Lipinski definition) is 4. The van der Waals surface area contributed by atoms with Crippen molar-refractivity contribution >= 4 is 43.8 Å². The zero-order chi connectivity index (χ0) is 18.8. The van der Waals surface area contributed by atoms with Crippen LogP contribution in [0.5, 0.6) is 0 Å². The van der Waals surface area contributed by atoms with Crippen LogP contribution in [0.4, 0.5) is 5.95 Å². The zero-order valence-electron chi connectivity index (χ0n) is 14.2. The van der Waals surface area contributed by atoms with Crippen LogP contribution in [0, 0.1) is 5.92 Å². The summed E-state index contributed by atoms with van der Waals surface area (Å²) in [5, 5.41) is 12.4. The Morgan fingerprint density at radius 2 is 2.38 bits per heavy atom. The number of thioether (sulfide) groups is 1. The number of aromatic nitrogens is 4. The Balaban J connectivity index is 1.89. The summed E-state index contributed by atoms with van der Waals surface area (Å²) in [5.41, 5.74) is 0.0556. The quantitative estimate of drug-likeness (QED) is 0.516. The average molecular weight is 401 g/mol. The molecule has 1 aliphatic rings. The molecular formula is C14H20N5O5PS.